The Balaban J connectivity index is 1.72. The van der Waals surface area contributed by atoms with Crippen LogP contribution in [-0.2, 0) is 17.6 Å². The first kappa shape index (κ1) is 15.6. The van der Waals surface area contributed by atoms with E-state index in [1.54, 1.807) is 0 Å². The average molecular weight is 328 g/mol. The molecule has 0 saturated heterocycles. The Hall–Kier alpha value is -2.87. The van der Waals surface area contributed by atoms with Gasteiger partial charge in [0.2, 0.25) is 0 Å². The largest absolute Gasteiger partial charge is 0.426 e. The van der Waals surface area contributed by atoms with Gasteiger partial charge in [-0.05, 0) is 45.5 Å². The maximum atomic E-state index is 11.7. The standard InChI is InChI=1S/C23H20O2/c1-2-22(24)25-21-12-4-3-7-18(21)13-16-14-19-10-5-8-17-9-6-11-20(15-16)23(17)19/h3-10,12,14-15H,2,11,13H2,1H3. The minimum atomic E-state index is -0.198. The zero-order valence-corrected chi connectivity index (χ0v) is 14.3. The van der Waals surface area contributed by atoms with Crippen molar-refractivity contribution in [2.24, 2.45) is 0 Å². The Morgan fingerprint density at radius 2 is 1.96 bits per heavy atom. The Bertz CT molecular complexity index is 983. The summed E-state index contributed by atoms with van der Waals surface area (Å²) in [5, 5.41) is 2.64. The van der Waals surface area contributed by atoms with Crippen molar-refractivity contribution in [1.29, 1.82) is 0 Å². The molecule has 1 aliphatic carbocycles. The van der Waals surface area contributed by atoms with Gasteiger partial charge in [0.1, 0.15) is 5.75 Å². The summed E-state index contributed by atoms with van der Waals surface area (Å²) < 4.78 is 5.49. The quantitative estimate of drug-likeness (QED) is 0.479. The predicted octanol–water partition coefficient (Wildman–Crippen LogP) is 5.32. The number of para-hydroxylation sites is 1. The maximum Gasteiger partial charge on any atom is 0.310 e. The third kappa shape index (κ3) is 3.08. The van der Waals surface area contributed by atoms with E-state index in [2.05, 4.69) is 42.5 Å². The molecule has 0 bridgehead atoms. The lowest BCUT2D eigenvalue weighted by atomic mass is 9.90. The number of rotatable bonds is 4. The number of carbonyl (C=O) groups is 1. The van der Waals surface area contributed by atoms with Crippen molar-refractivity contribution >= 4 is 22.8 Å². The Morgan fingerprint density at radius 3 is 2.84 bits per heavy atom. The van der Waals surface area contributed by atoms with Gasteiger partial charge in [-0.3, -0.25) is 4.79 Å². The van der Waals surface area contributed by atoms with Crippen LogP contribution in [0.3, 0.4) is 0 Å². The molecule has 0 spiro atoms. The van der Waals surface area contributed by atoms with Crippen molar-refractivity contribution in [3.63, 3.8) is 0 Å². The molecular weight excluding hydrogens is 308 g/mol. The lowest BCUT2D eigenvalue weighted by Gasteiger charge is -2.16. The van der Waals surface area contributed by atoms with Gasteiger partial charge in [-0.2, -0.15) is 0 Å². The van der Waals surface area contributed by atoms with Gasteiger partial charge >= 0.3 is 5.97 Å². The normalized spacial score (nSPS) is 12.4. The summed E-state index contributed by atoms with van der Waals surface area (Å²) in [4.78, 5) is 11.7. The fourth-order valence-electron chi connectivity index (χ4n) is 3.50. The molecule has 0 saturated carbocycles. The molecule has 124 valence electrons. The molecule has 0 amide bonds. The second-order valence-electron chi connectivity index (χ2n) is 6.42. The van der Waals surface area contributed by atoms with Crippen LogP contribution >= 0.6 is 0 Å². The smallest absolute Gasteiger partial charge is 0.310 e. The van der Waals surface area contributed by atoms with Crippen LogP contribution in [0.4, 0.5) is 0 Å². The van der Waals surface area contributed by atoms with Crippen LogP contribution in [0, 0.1) is 0 Å². The van der Waals surface area contributed by atoms with E-state index in [0.29, 0.717) is 12.2 Å². The molecule has 0 unspecified atom stereocenters. The second kappa shape index (κ2) is 6.56. The van der Waals surface area contributed by atoms with E-state index in [1.165, 1.54) is 27.5 Å². The van der Waals surface area contributed by atoms with Gasteiger partial charge in [0.25, 0.3) is 0 Å². The molecule has 0 N–H and O–H groups in total. The molecule has 0 aromatic heterocycles. The van der Waals surface area contributed by atoms with Crippen LogP contribution in [0.25, 0.3) is 16.8 Å². The summed E-state index contributed by atoms with van der Waals surface area (Å²) in [7, 11) is 0. The number of ether oxygens (including phenoxy) is 1. The first-order valence-electron chi connectivity index (χ1n) is 8.74. The Kier molecular flexibility index (Phi) is 4.10. The van der Waals surface area contributed by atoms with Gasteiger partial charge in [0.15, 0.2) is 0 Å². The highest BCUT2D eigenvalue weighted by atomic mass is 16.5. The zero-order chi connectivity index (χ0) is 17.2. The van der Waals surface area contributed by atoms with E-state index >= 15 is 0 Å². The van der Waals surface area contributed by atoms with E-state index in [-0.39, 0.29) is 5.97 Å². The van der Waals surface area contributed by atoms with E-state index in [0.717, 1.165) is 18.4 Å². The summed E-state index contributed by atoms with van der Waals surface area (Å²) in [5.41, 5.74) is 4.95. The third-order valence-electron chi connectivity index (χ3n) is 4.67. The topological polar surface area (TPSA) is 26.3 Å². The van der Waals surface area contributed by atoms with E-state index in [1.807, 2.05) is 31.2 Å². The van der Waals surface area contributed by atoms with Crippen molar-refractivity contribution in [2.75, 3.05) is 0 Å². The molecule has 0 atom stereocenters. The molecule has 25 heavy (non-hydrogen) atoms. The molecule has 0 fully saturated rings. The lowest BCUT2D eigenvalue weighted by Crippen LogP contribution is -2.07. The number of esters is 1. The van der Waals surface area contributed by atoms with Crippen LogP contribution in [0.15, 0.2) is 60.7 Å². The molecule has 1 aliphatic rings. The van der Waals surface area contributed by atoms with Crippen LogP contribution in [0.5, 0.6) is 5.75 Å². The summed E-state index contributed by atoms with van der Waals surface area (Å²) in [6.07, 6.45) is 6.52. The summed E-state index contributed by atoms with van der Waals surface area (Å²) in [6, 6.07) is 18.8. The highest BCUT2D eigenvalue weighted by molar-refractivity contribution is 5.95. The molecule has 0 radical (unpaired) electrons. The molecule has 3 aromatic carbocycles. The van der Waals surface area contributed by atoms with Crippen LogP contribution in [0.2, 0.25) is 0 Å². The summed E-state index contributed by atoms with van der Waals surface area (Å²) in [6.45, 7) is 1.81. The monoisotopic (exact) mass is 328 g/mol. The summed E-state index contributed by atoms with van der Waals surface area (Å²) >= 11 is 0. The van der Waals surface area contributed by atoms with Crippen molar-refractivity contribution in [2.45, 2.75) is 26.2 Å². The van der Waals surface area contributed by atoms with Crippen LogP contribution < -0.4 is 4.74 Å². The number of hydrogen-bond acceptors (Lipinski definition) is 2. The van der Waals surface area contributed by atoms with E-state index in [9.17, 15) is 4.79 Å². The Labute approximate surface area is 147 Å². The van der Waals surface area contributed by atoms with Gasteiger partial charge in [-0.15, -0.1) is 0 Å². The van der Waals surface area contributed by atoms with Crippen molar-refractivity contribution < 1.29 is 9.53 Å². The zero-order valence-electron chi connectivity index (χ0n) is 14.3. The molecule has 0 aliphatic heterocycles. The van der Waals surface area contributed by atoms with Gasteiger partial charge in [-0.25, -0.2) is 0 Å². The van der Waals surface area contributed by atoms with Gasteiger partial charge < -0.3 is 4.74 Å². The lowest BCUT2D eigenvalue weighted by molar-refractivity contribution is -0.134. The van der Waals surface area contributed by atoms with Crippen LogP contribution in [0.1, 0.15) is 35.6 Å². The van der Waals surface area contributed by atoms with Gasteiger partial charge in [-0.1, -0.05) is 67.6 Å². The number of benzene rings is 3. The van der Waals surface area contributed by atoms with E-state index in [4.69, 9.17) is 4.74 Å². The SMILES string of the molecule is CCC(=O)Oc1ccccc1Cc1cc2c3c(cccc3c1)C=CC2. The summed E-state index contributed by atoms with van der Waals surface area (Å²) in [5.74, 6) is 0.465. The van der Waals surface area contributed by atoms with Gasteiger partial charge in [0.05, 0.1) is 0 Å². The fourth-order valence-corrected chi connectivity index (χ4v) is 3.50. The number of carbonyl (C=O) groups excluding carboxylic acids is 1. The first-order valence-corrected chi connectivity index (χ1v) is 8.74. The van der Waals surface area contributed by atoms with Gasteiger partial charge in [0, 0.05) is 12.8 Å². The molecule has 2 nitrogen and oxygen atoms in total. The average Bonchev–Trinajstić information content (AvgIpc) is 2.63. The van der Waals surface area contributed by atoms with E-state index < -0.39 is 0 Å². The number of allylic oxidation sites excluding steroid dienone is 1. The third-order valence-corrected chi connectivity index (χ3v) is 4.67. The first-order chi connectivity index (χ1) is 12.2. The maximum absolute atomic E-state index is 11.7. The Morgan fingerprint density at radius 1 is 1.08 bits per heavy atom. The van der Waals surface area contributed by atoms with Crippen molar-refractivity contribution in [3.8, 4) is 5.75 Å². The molecular formula is C23H20O2. The highest BCUT2D eigenvalue weighted by Gasteiger charge is 2.12. The second-order valence-corrected chi connectivity index (χ2v) is 6.42. The number of hydrogen-bond donors (Lipinski definition) is 0. The van der Waals surface area contributed by atoms with Crippen molar-refractivity contribution in [1.82, 2.24) is 0 Å². The van der Waals surface area contributed by atoms with Crippen LogP contribution in [-0.4, -0.2) is 5.97 Å². The fraction of sp³-hybridized carbons (Fsp3) is 0.174. The minimum Gasteiger partial charge on any atom is -0.426 e. The molecule has 0 heterocycles. The minimum absolute atomic E-state index is 0.198. The molecule has 2 heteroatoms. The predicted molar refractivity (Wildman–Crippen MR) is 102 cm³/mol. The molecule has 4 rings (SSSR count). The molecule has 3 aromatic rings. The highest BCUT2D eigenvalue weighted by Crippen LogP contribution is 2.31. The van der Waals surface area contributed by atoms with Crippen molar-refractivity contribution in [3.05, 3.63) is 82.9 Å².